The van der Waals surface area contributed by atoms with E-state index in [1.165, 1.54) is 29.0 Å². The van der Waals surface area contributed by atoms with Crippen molar-refractivity contribution in [2.45, 2.75) is 25.4 Å². The third-order valence-corrected chi connectivity index (χ3v) is 4.03. The molecule has 0 spiro atoms. The highest BCUT2D eigenvalue weighted by Crippen LogP contribution is 2.32. The van der Waals surface area contributed by atoms with E-state index in [0.29, 0.717) is 6.54 Å². The lowest BCUT2D eigenvalue weighted by Crippen LogP contribution is -2.38. The van der Waals surface area contributed by atoms with Crippen molar-refractivity contribution in [1.82, 2.24) is 14.5 Å². The number of aromatic amines is 1. The summed E-state index contributed by atoms with van der Waals surface area (Å²) in [4.78, 5) is 39.1. The molecule has 1 aliphatic rings. The number of nitrogens with zero attached hydrogens (tertiary/aromatic N) is 2. The fourth-order valence-corrected chi connectivity index (χ4v) is 2.90. The van der Waals surface area contributed by atoms with Crippen LogP contribution >= 0.6 is 0 Å². The number of rotatable bonds is 3. The van der Waals surface area contributed by atoms with Crippen LogP contribution in [-0.2, 0) is 11.3 Å². The molecule has 1 saturated heterocycles. The number of likely N-dealkylation sites (tertiary alicyclic amines) is 1. The van der Waals surface area contributed by atoms with Crippen LogP contribution in [0.3, 0.4) is 0 Å². The number of carbonyl (C=O) groups is 1. The molecule has 2 heterocycles. The van der Waals surface area contributed by atoms with Gasteiger partial charge in [0.15, 0.2) is 0 Å². The maximum Gasteiger partial charge on any atom is 0.328 e. The Labute approximate surface area is 131 Å². The van der Waals surface area contributed by atoms with Crippen LogP contribution in [0.1, 0.15) is 24.4 Å². The summed E-state index contributed by atoms with van der Waals surface area (Å²) < 4.78 is 14.2. The lowest BCUT2D eigenvalue weighted by atomic mass is 10.0. The van der Waals surface area contributed by atoms with Gasteiger partial charge in [-0.2, -0.15) is 0 Å². The minimum atomic E-state index is -0.608. The van der Waals surface area contributed by atoms with Gasteiger partial charge < -0.3 is 4.90 Å². The smallest absolute Gasteiger partial charge is 0.328 e. The zero-order chi connectivity index (χ0) is 16.4. The molecule has 0 saturated carbocycles. The number of aromatic nitrogens is 2. The van der Waals surface area contributed by atoms with E-state index >= 15 is 0 Å². The Kier molecular flexibility index (Phi) is 4.10. The van der Waals surface area contributed by atoms with E-state index in [2.05, 4.69) is 4.98 Å². The van der Waals surface area contributed by atoms with Crippen molar-refractivity contribution < 1.29 is 9.18 Å². The number of carbonyl (C=O) groups excluding carboxylic acids is 1. The van der Waals surface area contributed by atoms with Crippen molar-refractivity contribution in [3.05, 3.63) is 68.7 Å². The fraction of sp³-hybridized carbons (Fsp3) is 0.312. The first kappa shape index (κ1) is 15.2. The monoisotopic (exact) mass is 317 g/mol. The van der Waals surface area contributed by atoms with Gasteiger partial charge in [0.05, 0.1) is 6.04 Å². The fourth-order valence-electron chi connectivity index (χ4n) is 2.90. The third-order valence-electron chi connectivity index (χ3n) is 4.03. The lowest BCUT2D eigenvalue weighted by molar-refractivity contribution is -0.132. The minimum Gasteiger partial charge on any atom is -0.334 e. The molecule has 1 aliphatic heterocycles. The molecule has 1 atom stereocenters. The van der Waals surface area contributed by atoms with E-state index in [1.807, 2.05) is 0 Å². The molecule has 0 bridgehead atoms. The summed E-state index contributed by atoms with van der Waals surface area (Å²) in [5, 5.41) is 0. The van der Waals surface area contributed by atoms with Crippen molar-refractivity contribution in [1.29, 1.82) is 0 Å². The van der Waals surface area contributed by atoms with Gasteiger partial charge in [0, 0.05) is 18.8 Å². The van der Waals surface area contributed by atoms with Crippen LogP contribution in [0.25, 0.3) is 0 Å². The number of nitrogens with one attached hydrogen (secondary N) is 1. The average molecular weight is 317 g/mol. The standard InChI is InChI=1S/C16H16FN3O3/c17-12-5-3-11(4-6-12)13-2-1-8-20(13)15(22)10-19-9-7-14(21)18-16(19)23/h3-7,9,13H,1-2,8,10H2,(H,18,21,23). The van der Waals surface area contributed by atoms with E-state index in [0.717, 1.165) is 18.4 Å². The Morgan fingerprint density at radius 2 is 1.96 bits per heavy atom. The van der Waals surface area contributed by atoms with Crippen molar-refractivity contribution in [2.24, 2.45) is 0 Å². The Hall–Kier alpha value is -2.70. The maximum atomic E-state index is 13.0. The highest BCUT2D eigenvalue weighted by molar-refractivity contribution is 5.76. The molecule has 6 nitrogen and oxygen atoms in total. The van der Waals surface area contributed by atoms with E-state index in [1.54, 1.807) is 17.0 Å². The normalized spacial score (nSPS) is 17.4. The molecule has 1 unspecified atom stereocenters. The predicted molar refractivity (Wildman–Crippen MR) is 81.4 cm³/mol. The van der Waals surface area contributed by atoms with Crippen LogP contribution in [0.4, 0.5) is 4.39 Å². The van der Waals surface area contributed by atoms with Gasteiger partial charge in [-0.3, -0.25) is 19.1 Å². The number of hydrogen-bond donors (Lipinski definition) is 1. The highest BCUT2D eigenvalue weighted by atomic mass is 19.1. The molecule has 0 radical (unpaired) electrons. The van der Waals surface area contributed by atoms with E-state index in [4.69, 9.17) is 0 Å². The van der Waals surface area contributed by atoms with Gasteiger partial charge in [0.25, 0.3) is 5.56 Å². The topological polar surface area (TPSA) is 75.2 Å². The van der Waals surface area contributed by atoms with Gasteiger partial charge >= 0.3 is 5.69 Å². The molecule has 1 aromatic heterocycles. The summed E-state index contributed by atoms with van der Waals surface area (Å²) >= 11 is 0. The number of benzene rings is 1. The largest absolute Gasteiger partial charge is 0.334 e. The first-order chi connectivity index (χ1) is 11.0. The van der Waals surface area contributed by atoms with Gasteiger partial charge in [-0.05, 0) is 30.5 Å². The molecule has 1 fully saturated rings. The summed E-state index contributed by atoms with van der Waals surface area (Å²) in [6.07, 6.45) is 2.97. The minimum absolute atomic E-state index is 0.110. The third kappa shape index (κ3) is 3.23. The summed E-state index contributed by atoms with van der Waals surface area (Å²) in [6.45, 7) is 0.465. The Morgan fingerprint density at radius 3 is 2.65 bits per heavy atom. The Morgan fingerprint density at radius 1 is 1.22 bits per heavy atom. The molecule has 120 valence electrons. The molecule has 1 aromatic carbocycles. The van der Waals surface area contributed by atoms with Crippen LogP contribution in [-0.4, -0.2) is 26.9 Å². The number of hydrogen-bond acceptors (Lipinski definition) is 3. The Bertz CT molecular complexity index is 825. The molecule has 3 rings (SSSR count). The summed E-state index contributed by atoms with van der Waals surface area (Å²) in [7, 11) is 0. The van der Waals surface area contributed by atoms with Gasteiger partial charge in [-0.1, -0.05) is 12.1 Å². The molecular formula is C16H16FN3O3. The molecule has 1 N–H and O–H groups in total. The molecule has 1 amide bonds. The van der Waals surface area contributed by atoms with E-state index in [9.17, 15) is 18.8 Å². The van der Waals surface area contributed by atoms with Crippen molar-refractivity contribution in [2.75, 3.05) is 6.54 Å². The molecule has 2 aromatic rings. The zero-order valence-corrected chi connectivity index (χ0v) is 12.4. The SMILES string of the molecule is O=C(Cn1ccc(=O)[nH]c1=O)N1CCCC1c1ccc(F)cc1. The average Bonchev–Trinajstić information content (AvgIpc) is 3.00. The first-order valence-electron chi connectivity index (χ1n) is 7.39. The van der Waals surface area contributed by atoms with Crippen molar-refractivity contribution in [3.8, 4) is 0 Å². The van der Waals surface area contributed by atoms with Gasteiger partial charge in [0.1, 0.15) is 12.4 Å². The van der Waals surface area contributed by atoms with Crippen LogP contribution in [0.5, 0.6) is 0 Å². The van der Waals surface area contributed by atoms with Gasteiger partial charge in [0.2, 0.25) is 5.91 Å². The molecule has 0 aliphatic carbocycles. The molecule has 7 heteroatoms. The van der Waals surface area contributed by atoms with Crippen LogP contribution < -0.4 is 11.2 Å². The molecular weight excluding hydrogens is 301 g/mol. The van der Waals surface area contributed by atoms with Gasteiger partial charge in [-0.15, -0.1) is 0 Å². The van der Waals surface area contributed by atoms with Crippen LogP contribution in [0, 0.1) is 5.82 Å². The number of halogens is 1. The summed E-state index contributed by atoms with van der Waals surface area (Å²) in [5.41, 5.74) is -0.224. The Balaban J connectivity index is 1.79. The summed E-state index contributed by atoms with van der Waals surface area (Å²) in [5.74, 6) is -0.518. The van der Waals surface area contributed by atoms with Crippen LogP contribution in [0.15, 0.2) is 46.1 Å². The molecule has 23 heavy (non-hydrogen) atoms. The van der Waals surface area contributed by atoms with Crippen molar-refractivity contribution in [3.63, 3.8) is 0 Å². The van der Waals surface area contributed by atoms with Gasteiger partial charge in [-0.25, -0.2) is 9.18 Å². The maximum absolute atomic E-state index is 13.0. The summed E-state index contributed by atoms with van der Waals surface area (Å²) in [6, 6.07) is 7.21. The van der Waals surface area contributed by atoms with Crippen LogP contribution in [0.2, 0.25) is 0 Å². The second kappa shape index (κ2) is 6.20. The van der Waals surface area contributed by atoms with E-state index < -0.39 is 11.2 Å². The zero-order valence-electron chi connectivity index (χ0n) is 12.4. The highest BCUT2D eigenvalue weighted by Gasteiger charge is 2.29. The van der Waals surface area contributed by atoms with Crippen molar-refractivity contribution >= 4 is 5.91 Å². The second-order valence-electron chi connectivity index (χ2n) is 5.53. The lowest BCUT2D eigenvalue weighted by Gasteiger charge is -2.25. The first-order valence-corrected chi connectivity index (χ1v) is 7.39. The predicted octanol–water partition coefficient (Wildman–Crippen LogP) is 1.04. The van der Waals surface area contributed by atoms with E-state index in [-0.39, 0.29) is 24.3 Å². The second-order valence-corrected chi connectivity index (χ2v) is 5.53. The number of amides is 1. The quantitative estimate of drug-likeness (QED) is 0.919. The number of H-pyrrole nitrogens is 1.